The van der Waals surface area contributed by atoms with Gasteiger partial charge in [0.25, 0.3) is 0 Å². The van der Waals surface area contributed by atoms with Crippen molar-refractivity contribution in [1.29, 1.82) is 0 Å². The van der Waals surface area contributed by atoms with E-state index in [2.05, 4.69) is 10.3 Å². The fraction of sp³-hybridized carbons (Fsp3) is 0.571. The van der Waals surface area contributed by atoms with Crippen LogP contribution in [-0.2, 0) is 0 Å². The first-order valence-corrected chi connectivity index (χ1v) is 4.31. The van der Waals surface area contributed by atoms with Gasteiger partial charge in [-0.25, -0.2) is 4.99 Å². The molecule has 1 heterocycles. The summed E-state index contributed by atoms with van der Waals surface area (Å²) < 4.78 is 0. The van der Waals surface area contributed by atoms with Crippen molar-refractivity contribution in [2.75, 3.05) is 0 Å². The van der Waals surface area contributed by atoms with Crippen LogP contribution in [0.4, 0.5) is 0 Å². The quantitative estimate of drug-likeness (QED) is 0.590. The molecule has 0 aromatic heterocycles. The zero-order valence-corrected chi connectivity index (χ0v) is 8.37. The summed E-state index contributed by atoms with van der Waals surface area (Å²) in [7, 11) is 0. The minimum atomic E-state index is 0.000386. The Kier molecular flexibility index (Phi) is 5.34. The molecule has 1 aliphatic rings. The predicted molar refractivity (Wildman–Crippen MR) is 51.2 cm³/mol. The van der Waals surface area contributed by atoms with Gasteiger partial charge in [-0.3, -0.25) is 0 Å². The molecule has 0 saturated carbocycles. The molecule has 0 saturated heterocycles. The van der Waals surface area contributed by atoms with Gasteiger partial charge in [-0.1, -0.05) is 25.4 Å². The van der Waals surface area contributed by atoms with E-state index in [0.717, 1.165) is 0 Å². The maximum atomic E-state index is 5.67. The Morgan fingerprint density at radius 2 is 2.00 bits per heavy atom. The lowest BCUT2D eigenvalue weighted by molar-refractivity contribution is 0.875. The van der Waals surface area contributed by atoms with E-state index < -0.39 is 0 Å². The molecule has 1 aliphatic heterocycles. The Morgan fingerprint density at radius 3 is 2.36 bits per heavy atom. The van der Waals surface area contributed by atoms with Crippen molar-refractivity contribution in [3.8, 4) is 0 Å². The van der Waals surface area contributed by atoms with Crippen molar-refractivity contribution >= 4 is 28.5 Å². The van der Waals surface area contributed by atoms with Gasteiger partial charge in [0.15, 0.2) is 5.29 Å². The molecule has 1 atom stereocenters. The number of rotatable bonds is 0. The van der Waals surface area contributed by atoms with Crippen molar-refractivity contribution in [1.82, 2.24) is 5.32 Å². The van der Waals surface area contributed by atoms with Gasteiger partial charge in [0, 0.05) is 6.20 Å². The van der Waals surface area contributed by atoms with Gasteiger partial charge in [-0.2, -0.15) is 0 Å². The maximum absolute atomic E-state index is 5.67. The molecule has 0 radical (unpaired) electrons. The van der Waals surface area contributed by atoms with E-state index in [4.69, 9.17) is 23.2 Å². The SMILES string of the molecule is CC.CC1N=C(Cl)NC=C1Cl. The van der Waals surface area contributed by atoms with Crippen LogP contribution < -0.4 is 5.32 Å². The summed E-state index contributed by atoms with van der Waals surface area (Å²) in [6, 6.07) is 0.000386. The molecule has 0 aliphatic carbocycles. The van der Waals surface area contributed by atoms with Gasteiger partial charge >= 0.3 is 0 Å². The van der Waals surface area contributed by atoms with Crippen molar-refractivity contribution in [3.63, 3.8) is 0 Å². The molecule has 0 fully saturated rings. The highest BCUT2D eigenvalue weighted by Gasteiger charge is 2.09. The molecule has 0 aromatic rings. The standard InChI is InChI=1S/C5H6Cl2N2.C2H6/c1-3-4(6)2-8-5(7)9-3;1-2/h2-3H,1H3,(H,8,9);1-2H3. The smallest absolute Gasteiger partial charge is 0.195 e. The highest BCUT2D eigenvalue weighted by molar-refractivity contribution is 6.65. The third-order valence-electron chi connectivity index (χ3n) is 1.04. The largest absolute Gasteiger partial charge is 0.336 e. The molecule has 1 N–H and O–H groups in total. The zero-order valence-electron chi connectivity index (χ0n) is 6.86. The first-order chi connectivity index (χ1) is 5.20. The summed E-state index contributed by atoms with van der Waals surface area (Å²) in [5, 5.41) is 3.76. The Balaban J connectivity index is 0.000000461. The summed E-state index contributed by atoms with van der Waals surface area (Å²) >= 11 is 11.2. The summed E-state index contributed by atoms with van der Waals surface area (Å²) in [6.45, 7) is 5.88. The second-order valence-corrected chi connectivity index (χ2v) is 2.56. The highest BCUT2D eigenvalue weighted by atomic mass is 35.5. The van der Waals surface area contributed by atoms with Gasteiger partial charge in [0.1, 0.15) is 0 Å². The van der Waals surface area contributed by atoms with Crippen LogP contribution >= 0.6 is 23.2 Å². The number of amidine groups is 1. The normalized spacial score (nSPS) is 22.1. The first kappa shape index (κ1) is 10.8. The minimum Gasteiger partial charge on any atom is -0.336 e. The van der Waals surface area contributed by atoms with Gasteiger partial charge in [0.2, 0.25) is 0 Å². The van der Waals surface area contributed by atoms with Crippen LogP contribution in [0.25, 0.3) is 0 Å². The third kappa shape index (κ3) is 3.63. The molecule has 11 heavy (non-hydrogen) atoms. The van der Waals surface area contributed by atoms with Crippen LogP contribution in [-0.4, -0.2) is 11.3 Å². The van der Waals surface area contributed by atoms with E-state index in [0.29, 0.717) is 10.3 Å². The van der Waals surface area contributed by atoms with Gasteiger partial charge in [0.05, 0.1) is 11.1 Å². The summed E-state index contributed by atoms with van der Waals surface area (Å²) in [6.07, 6.45) is 1.64. The van der Waals surface area contributed by atoms with E-state index >= 15 is 0 Å². The second-order valence-electron chi connectivity index (χ2n) is 1.77. The molecule has 0 aromatic carbocycles. The average molecular weight is 195 g/mol. The second kappa shape index (κ2) is 5.44. The highest BCUT2D eigenvalue weighted by Crippen LogP contribution is 2.13. The molecule has 0 spiro atoms. The van der Waals surface area contributed by atoms with Crippen molar-refractivity contribution in [2.45, 2.75) is 26.8 Å². The molecule has 0 amide bonds. The molecule has 1 unspecified atom stereocenters. The molecule has 2 nitrogen and oxygen atoms in total. The molecular formula is C7H12Cl2N2. The van der Waals surface area contributed by atoms with Gasteiger partial charge < -0.3 is 5.32 Å². The van der Waals surface area contributed by atoms with Crippen molar-refractivity contribution in [2.24, 2.45) is 4.99 Å². The maximum Gasteiger partial charge on any atom is 0.195 e. The number of hydrogen-bond donors (Lipinski definition) is 1. The Hall–Kier alpha value is -0.210. The molecular weight excluding hydrogens is 183 g/mol. The zero-order chi connectivity index (χ0) is 8.85. The lowest BCUT2D eigenvalue weighted by Gasteiger charge is -2.11. The van der Waals surface area contributed by atoms with Crippen LogP contribution in [0.2, 0.25) is 0 Å². The summed E-state index contributed by atoms with van der Waals surface area (Å²) in [4.78, 5) is 3.93. The number of nitrogens with zero attached hydrogens (tertiary/aromatic N) is 1. The number of halogens is 2. The summed E-state index contributed by atoms with van der Waals surface area (Å²) in [5.74, 6) is 0. The van der Waals surface area contributed by atoms with Crippen LogP contribution in [0.5, 0.6) is 0 Å². The van der Waals surface area contributed by atoms with E-state index in [9.17, 15) is 0 Å². The average Bonchev–Trinajstić information content (AvgIpc) is 2.02. The lowest BCUT2D eigenvalue weighted by atomic mass is 10.3. The van der Waals surface area contributed by atoms with E-state index in [1.165, 1.54) is 0 Å². The molecule has 4 heteroatoms. The van der Waals surface area contributed by atoms with E-state index in [1.807, 2.05) is 20.8 Å². The van der Waals surface area contributed by atoms with Crippen LogP contribution in [0.1, 0.15) is 20.8 Å². The van der Waals surface area contributed by atoms with Gasteiger partial charge in [-0.15, -0.1) is 0 Å². The topological polar surface area (TPSA) is 24.4 Å². The van der Waals surface area contributed by atoms with Crippen LogP contribution in [0.15, 0.2) is 16.2 Å². The summed E-state index contributed by atoms with van der Waals surface area (Å²) in [5.41, 5.74) is 0. The Morgan fingerprint density at radius 1 is 1.45 bits per heavy atom. The van der Waals surface area contributed by atoms with Crippen LogP contribution in [0, 0.1) is 0 Å². The number of aliphatic imine (C=N–C) groups is 1. The third-order valence-corrected chi connectivity index (χ3v) is 1.67. The number of hydrogen-bond acceptors (Lipinski definition) is 2. The molecule has 0 bridgehead atoms. The van der Waals surface area contributed by atoms with Crippen LogP contribution in [0.3, 0.4) is 0 Å². The first-order valence-electron chi connectivity index (χ1n) is 3.55. The fourth-order valence-electron chi connectivity index (χ4n) is 0.518. The minimum absolute atomic E-state index is 0.000386. The van der Waals surface area contributed by atoms with E-state index in [1.54, 1.807) is 6.20 Å². The molecule has 64 valence electrons. The Bertz CT molecular complexity index is 175. The van der Waals surface area contributed by atoms with E-state index in [-0.39, 0.29) is 6.04 Å². The van der Waals surface area contributed by atoms with Crippen molar-refractivity contribution in [3.05, 3.63) is 11.2 Å². The number of nitrogens with one attached hydrogen (secondary N) is 1. The van der Waals surface area contributed by atoms with Crippen molar-refractivity contribution < 1.29 is 0 Å². The molecule has 1 rings (SSSR count). The fourth-order valence-corrected chi connectivity index (χ4v) is 0.822. The monoisotopic (exact) mass is 194 g/mol. The lowest BCUT2D eigenvalue weighted by Crippen LogP contribution is -2.20. The Labute approximate surface area is 77.3 Å². The predicted octanol–water partition coefficient (Wildman–Crippen LogP) is 2.68. The van der Waals surface area contributed by atoms with Gasteiger partial charge in [-0.05, 0) is 18.5 Å².